The first-order valence-electron chi connectivity index (χ1n) is 11.0. The van der Waals surface area contributed by atoms with E-state index in [1.165, 1.54) is 19.3 Å². The molecule has 0 radical (unpaired) electrons. The third-order valence-corrected chi connectivity index (χ3v) is 9.27. The fraction of sp³-hybridized carbons (Fsp3) is 0.652. The van der Waals surface area contributed by atoms with Crippen LogP contribution in [0.5, 0.6) is 0 Å². The van der Waals surface area contributed by atoms with Gasteiger partial charge in [0.05, 0.1) is 5.56 Å². The molecule has 6 rings (SSSR count). The highest BCUT2D eigenvalue weighted by molar-refractivity contribution is 8.76. The Hall–Kier alpha value is -1.14. The van der Waals surface area contributed by atoms with E-state index in [2.05, 4.69) is 5.32 Å². The van der Waals surface area contributed by atoms with Gasteiger partial charge in [-0.3, -0.25) is 9.59 Å². The van der Waals surface area contributed by atoms with Crippen molar-refractivity contribution in [2.45, 2.75) is 67.8 Å². The predicted octanol–water partition coefficient (Wildman–Crippen LogP) is 4.75. The van der Waals surface area contributed by atoms with Gasteiger partial charge in [-0.25, -0.2) is 0 Å². The summed E-state index contributed by atoms with van der Waals surface area (Å²) >= 11 is 0. The first-order chi connectivity index (χ1) is 14.1. The lowest BCUT2D eigenvalue weighted by atomic mass is 9.53. The molecular weight excluding hydrogens is 400 g/mol. The topological polar surface area (TPSA) is 49.4 Å². The minimum absolute atomic E-state index is 0.00492. The molecule has 1 aromatic rings. The lowest BCUT2D eigenvalue weighted by Crippen LogP contribution is -2.62. The third kappa shape index (κ3) is 3.71. The number of carbonyl (C=O) groups is 2. The number of benzene rings is 1. The van der Waals surface area contributed by atoms with Crippen molar-refractivity contribution in [3.05, 3.63) is 29.8 Å². The van der Waals surface area contributed by atoms with Crippen LogP contribution in [0.1, 0.15) is 61.7 Å². The van der Waals surface area contributed by atoms with E-state index in [1.807, 2.05) is 35.4 Å². The summed E-state index contributed by atoms with van der Waals surface area (Å²) in [5.74, 6) is 2.51. The number of likely N-dealkylation sites (tertiary alicyclic amines) is 1. The Kier molecular flexibility index (Phi) is 5.35. The van der Waals surface area contributed by atoms with Crippen LogP contribution < -0.4 is 5.32 Å². The summed E-state index contributed by atoms with van der Waals surface area (Å²) in [7, 11) is 3.25. The maximum absolute atomic E-state index is 13.4. The molecule has 1 N–H and O–H groups in total. The van der Waals surface area contributed by atoms with Crippen LogP contribution in [0.4, 0.5) is 0 Å². The van der Waals surface area contributed by atoms with Gasteiger partial charge in [0.2, 0.25) is 5.91 Å². The van der Waals surface area contributed by atoms with Gasteiger partial charge in [0.1, 0.15) is 6.04 Å². The van der Waals surface area contributed by atoms with Crippen LogP contribution in [0.15, 0.2) is 29.2 Å². The largest absolute Gasteiger partial charge is 0.349 e. The van der Waals surface area contributed by atoms with E-state index in [-0.39, 0.29) is 23.4 Å². The second kappa shape index (κ2) is 7.84. The van der Waals surface area contributed by atoms with Crippen LogP contribution in [0.3, 0.4) is 0 Å². The maximum atomic E-state index is 13.4. The molecule has 1 aliphatic heterocycles. The quantitative estimate of drug-likeness (QED) is 0.685. The normalized spacial score (nSPS) is 35.1. The zero-order valence-corrected chi connectivity index (χ0v) is 18.7. The molecule has 0 aromatic heterocycles. The SMILES string of the molecule is CSSc1ccccc1C(=O)N1CCC[C@H]1C(=O)NC12CC3CC(CC(C3)C1)C2. The lowest BCUT2D eigenvalue weighted by Gasteiger charge is -2.57. The monoisotopic (exact) mass is 430 g/mol. The smallest absolute Gasteiger partial charge is 0.255 e. The van der Waals surface area contributed by atoms with E-state index in [0.717, 1.165) is 60.3 Å². The summed E-state index contributed by atoms with van der Waals surface area (Å²) in [4.78, 5) is 29.5. The van der Waals surface area contributed by atoms with E-state index in [9.17, 15) is 9.59 Å². The van der Waals surface area contributed by atoms with Gasteiger partial charge in [0.15, 0.2) is 0 Å². The molecule has 5 aliphatic rings. The minimum Gasteiger partial charge on any atom is -0.349 e. The molecule has 5 fully saturated rings. The number of hydrogen-bond acceptors (Lipinski definition) is 4. The van der Waals surface area contributed by atoms with Crippen molar-refractivity contribution in [3.8, 4) is 0 Å². The van der Waals surface area contributed by atoms with Gasteiger partial charge in [-0.15, -0.1) is 0 Å². The average molecular weight is 431 g/mol. The Bertz CT molecular complexity index is 777. The van der Waals surface area contributed by atoms with Gasteiger partial charge >= 0.3 is 0 Å². The summed E-state index contributed by atoms with van der Waals surface area (Å²) in [6, 6.07) is 7.46. The second-order valence-corrected chi connectivity index (χ2v) is 12.0. The molecule has 1 heterocycles. The van der Waals surface area contributed by atoms with E-state index >= 15 is 0 Å². The fourth-order valence-corrected chi connectivity index (χ4v) is 8.38. The minimum atomic E-state index is -0.317. The number of nitrogens with zero attached hydrogens (tertiary/aromatic N) is 1. The van der Waals surface area contributed by atoms with Gasteiger partial charge in [0.25, 0.3) is 5.91 Å². The van der Waals surface area contributed by atoms with Crippen molar-refractivity contribution in [3.63, 3.8) is 0 Å². The zero-order chi connectivity index (χ0) is 20.0. The van der Waals surface area contributed by atoms with E-state index in [1.54, 1.807) is 21.6 Å². The van der Waals surface area contributed by atoms with Gasteiger partial charge in [-0.2, -0.15) is 0 Å². The Labute approximate surface area is 181 Å². The zero-order valence-electron chi connectivity index (χ0n) is 17.1. The van der Waals surface area contributed by atoms with Gasteiger partial charge in [-0.1, -0.05) is 33.7 Å². The van der Waals surface area contributed by atoms with Gasteiger partial charge in [-0.05, 0) is 87.5 Å². The third-order valence-electron chi connectivity index (χ3n) is 7.53. The Balaban J connectivity index is 1.32. The van der Waals surface area contributed by atoms with Crippen molar-refractivity contribution in [1.29, 1.82) is 0 Å². The molecule has 1 aromatic carbocycles. The summed E-state index contributed by atoms with van der Waals surface area (Å²) < 4.78 is 0. The average Bonchev–Trinajstić information content (AvgIpc) is 3.17. The molecule has 4 nitrogen and oxygen atoms in total. The van der Waals surface area contributed by atoms with Crippen molar-refractivity contribution in [1.82, 2.24) is 10.2 Å². The molecule has 4 bridgehead atoms. The van der Waals surface area contributed by atoms with E-state index < -0.39 is 0 Å². The maximum Gasteiger partial charge on any atom is 0.255 e. The molecule has 6 heteroatoms. The van der Waals surface area contributed by atoms with Crippen LogP contribution in [-0.2, 0) is 4.79 Å². The Morgan fingerprint density at radius 3 is 2.38 bits per heavy atom. The summed E-state index contributed by atoms with van der Waals surface area (Å²) in [5.41, 5.74) is 0.733. The summed E-state index contributed by atoms with van der Waals surface area (Å²) in [6.45, 7) is 0.677. The Morgan fingerprint density at radius 2 is 1.72 bits per heavy atom. The molecule has 156 valence electrons. The van der Waals surface area contributed by atoms with Crippen molar-refractivity contribution < 1.29 is 9.59 Å². The number of carbonyl (C=O) groups excluding carboxylic acids is 2. The standard InChI is InChI=1S/C23H30N2O2S2/c1-28-29-20-7-3-2-5-18(20)22(27)25-8-4-6-19(25)21(26)24-23-12-15-9-16(13-23)11-17(10-15)14-23/h2-3,5,7,15-17,19H,4,6,8-14H2,1H3,(H,24,26)/t15?,16?,17?,19-,23?/m0/s1. The first-order valence-corrected chi connectivity index (χ1v) is 13.6. The molecule has 4 aliphatic carbocycles. The van der Waals surface area contributed by atoms with Gasteiger partial charge < -0.3 is 10.2 Å². The van der Waals surface area contributed by atoms with Crippen LogP contribution in [0.2, 0.25) is 0 Å². The van der Waals surface area contributed by atoms with Crippen LogP contribution in [0, 0.1) is 17.8 Å². The summed E-state index contributed by atoms with van der Waals surface area (Å²) in [5, 5.41) is 3.50. The highest BCUT2D eigenvalue weighted by atomic mass is 33.1. The van der Waals surface area contributed by atoms with Crippen LogP contribution in [-0.4, -0.2) is 41.1 Å². The summed E-state index contributed by atoms with van der Waals surface area (Å²) in [6.07, 6.45) is 11.3. The van der Waals surface area contributed by atoms with Crippen LogP contribution in [0.25, 0.3) is 0 Å². The molecule has 1 atom stereocenters. The number of nitrogens with one attached hydrogen (secondary N) is 1. The fourth-order valence-electron chi connectivity index (χ4n) is 6.85. The predicted molar refractivity (Wildman–Crippen MR) is 119 cm³/mol. The molecule has 1 saturated heterocycles. The molecule has 0 unspecified atom stereocenters. The van der Waals surface area contributed by atoms with Crippen LogP contribution >= 0.6 is 21.6 Å². The number of hydrogen-bond donors (Lipinski definition) is 1. The molecule has 2 amide bonds. The van der Waals surface area contributed by atoms with Crippen molar-refractivity contribution in [2.24, 2.45) is 17.8 Å². The molecular formula is C23H30N2O2S2. The lowest BCUT2D eigenvalue weighted by molar-refractivity contribution is -0.130. The number of rotatable bonds is 5. The van der Waals surface area contributed by atoms with E-state index in [4.69, 9.17) is 0 Å². The van der Waals surface area contributed by atoms with Crippen molar-refractivity contribution >= 4 is 33.4 Å². The molecule has 0 spiro atoms. The molecule has 4 saturated carbocycles. The highest BCUT2D eigenvalue weighted by Gasteiger charge is 2.52. The first kappa shape index (κ1) is 19.8. The van der Waals surface area contributed by atoms with Crippen molar-refractivity contribution in [2.75, 3.05) is 12.8 Å². The van der Waals surface area contributed by atoms with Gasteiger partial charge in [0, 0.05) is 17.0 Å². The molecule has 29 heavy (non-hydrogen) atoms. The Morgan fingerprint density at radius 1 is 1.07 bits per heavy atom. The number of amides is 2. The second-order valence-electron chi connectivity index (χ2n) is 9.59. The highest BCUT2D eigenvalue weighted by Crippen LogP contribution is 2.55. The van der Waals surface area contributed by atoms with E-state index in [0.29, 0.717) is 6.54 Å².